The van der Waals surface area contributed by atoms with Crippen LogP contribution in [0.3, 0.4) is 0 Å². The molecule has 6 nitrogen and oxygen atoms in total. The third-order valence-electron chi connectivity index (χ3n) is 5.11. The number of carbonyl (C=O) groups is 2. The van der Waals surface area contributed by atoms with Crippen molar-refractivity contribution in [1.29, 1.82) is 0 Å². The molecule has 0 aromatic carbocycles. The number of hydrogen-bond donors (Lipinski definition) is 0. The zero-order valence-corrected chi connectivity index (χ0v) is 13.3. The number of ether oxygens (including phenoxy) is 1. The minimum atomic E-state index is 0.190. The summed E-state index contributed by atoms with van der Waals surface area (Å²) in [6, 6.07) is 0. The first-order valence-corrected chi connectivity index (χ1v) is 8.61. The maximum absolute atomic E-state index is 12.4. The predicted octanol–water partition coefficient (Wildman–Crippen LogP) is 0.180. The molecule has 2 aliphatic heterocycles. The highest BCUT2D eigenvalue weighted by Crippen LogP contribution is 2.26. The first-order chi connectivity index (χ1) is 10.7. The fourth-order valence-corrected chi connectivity index (χ4v) is 3.66. The summed E-state index contributed by atoms with van der Waals surface area (Å²) in [6.07, 6.45) is 4.48. The van der Waals surface area contributed by atoms with E-state index in [0.717, 1.165) is 39.1 Å². The fourth-order valence-electron chi connectivity index (χ4n) is 3.66. The molecule has 0 radical (unpaired) electrons. The molecule has 6 heteroatoms. The lowest BCUT2D eigenvalue weighted by Gasteiger charge is -2.37. The van der Waals surface area contributed by atoms with Crippen LogP contribution in [0.5, 0.6) is 0 Å². The molecule has 3 rings (SSSR count). The molecular weight excluding hydrogens is 282 g/mol. The van der Waals surface area contributed by atoms with Gasteiger partial charge in [-0.15, -0.1) is 0 Å². The Morgan fingerprint density at radius 3 is 2.09 bits per heavy atom. The zero-order chi connectivity index (χ0) is 15.4. The minimum absolute atomic E-state index is 0.190. The van der Waals surface area contributed by atoms with Gasteiger partial charge >= 0.3 is 0 Å². The molecule has 3 aliphatic rings. The van der Waals surface area contributed by atoms with Gasteiger partial charge in [-0.3, -0.25) is 14.5 Å². The summed E-state index contributed by atoms with van der Waals surface area (Å²) >= 11 is 0. The van der Waals surface area contributed by atoms with Crippen molar-refractivity contribution >= 4 is 11.8 Å². The van der Waals surface area contributed by atoms with Crippen molar-refractivity contribution in [3.05, 3.63) is 0 Å². The van der Waals surface area contributed by atoms with E-state index in [1.807, 2.05) is 9.80 Å². The van der Waals surface area contributed by atoms with Crippen LogP contribution in [-0.2, 0) is 14.3 Å². The molecule has 0 aromatic rings. The van der Waals surface area contributed by atoms with Gasteiger partial charge in [0.25, 0.3) is 0 Å². The maximum Gasteiger partial charge on any atom is 0.236 e. The Kier molecular flexibility index (Phi) is 5.31. The second-order valence-electron chi connectivity index (χ2n) is 6.58. The molecule has 1 saturated carbocycles. The lowest BCUT2D eigenvalue weighted by atomic mass is 10.1. The highest BCUT2D eigenvalue weighted by atomic mass is 16.5. The summed E-state index contributed by atoms with van der Waals surface area (Å²) in [5, 5.41) is 0. The number of nitrogens with zero attached hydrogens (tertiary/aromatic N) is 3. The molecule has 0 spiro atoms. The van der Waals surface area contributed by atoms with Gasteiger partial charge in [-0.25, -0.2) is 0 Å². The van der Waals surface area contributed by atoms with Crippen LogP contribution >= 0.6 is 0 Å². The summed E-state index contributed by atoms with van der Waals surface area (Å²) in [4.78, 5) is 30.8. The van der Waals surface area contributed by atoms with Gasteiger partial charge in [0, 0.05) is 45.2 Å². The van der Waals surface area contributed by atoms with Crippen LogP contribution in [-0.4, -0.2) is 85.5 Å². The maximum atomic E-state index is 12.4. The van der Waals surface area contributed by atoms with E-state index in [1.165, 1.54) is 12.8 Å². The smallest absolute Gasteiger partial charge is 0.236 e. The predicted molar refractivity (Wildman–Crippen MR) is 82.4 cm³/mol. The molecule has 1 aliphatic carbocycles. The second-order valence-corrected chi connectivity index (χ2v) is 6.58. The summed E-state index contributed by atoms with van der Waals surface area (Å²) in [5.74, 6) is 0.753. The number of carbonyl (C=O) groups excluding carboxylic acids is 2. The van der Waals surface area contributed by atoms with Crippen LogP contribution in [0, 0.1) is 5.92 Å². The van der Waals surface area contributed by atoms with E-state index in [2.05, 4.69) is 4.90 Å². The van der Waals surface area contributed by atoms with Gasteiger partial charge in [0.1, 0.15) is 0 Å². The fraction of sp³-hybridized carbons (Fsp3) is 0.875. The molecule has 0 aromatic heterocycles. The van der Waals surface area contributed by atoms with Crippen molar-refractivity contribution in [2.75, 3.05) is 59.0 Å². The molecule has 2 saturated heterocycles. The zero-order valence-electron chi connectivity index (χ0n) is 13.3. The minimum Gasteiger partial charge on any atom is -0.379 e. The van der Waals surface area contributed by atoms with E-state index in [1.54, 1.807) is 0 Å². The van der Waals surface area contributed by atoms with Crippen molar-refractivity contribution in [2.45, 2.75) is 25.7 Å². The van der Waals surface area contributed by atoms with Crippen LogP contribution < -0.4 is 0 Å². The number of morpholine rings is 1. The quantitative estimate of drug-likeness (QED) is 0.746. The number of amides is 2. The molecule has 0 N–H and O–H groups in total. The standard InChI is InChI=1S/C16H27N3O3/c20-15(13-17-9-11-22-12-10-17)18-5-7-19(8-6-18)16(21)14-3-1-2-4-14/h14H,1-13H2. The Morgan fingerprint density at radius 2 is 1.45 bits per heavy atom. The number of rotatable bonds is 3. The van der Waals surface area contributed by atoms with Crippen molar-refractivity contribution in [1.82, 2.24) is 14.7 Å². The van der Waals surface area contributed by atoms with E-state index in [-0.39, 0.29) is 11.8 Å². The van der Waals surface area contributed by atoms with Crippen LogP contribution in [0.15, 0.2) is 0 Å². The Hall–Kier alpha value is -1.14. The van der Waals surface area contributed by atoms with Gasteiger partial charge in [-0.1, -0.05) is 12.8 Å². The average Bonchev–Trinajstić information content (AvgIpc) is 3.10. The SMILES string of the molecule is O=C(CN1CCOCC1)N1CCN(C(=O)C2CCCC2)CC1. The lowest BCUT2D eigenvalue weighted by molar-refractivity contribution is -0.142. The number of piperazine rings is 1. The van der Waals surface area contributed by atoms with Gasteiger partial charge in [-0.05, 0) is 12.8 Å². The van der Waals surface area contributed by atoms with Crippen LogP contribution in [0.4, 0.5) is 0 Å². The molecule has 0 unspecified atom stereocenters. The molecule has 3 fully saturated rings. The third-order valence-corrected chi connectivity index (χ3v) is 5.11. The summed E-state index contributed by atoms with van der Waals surface area (Å²) in [7, 11) is 0. The normalized spacial score (nSPS) is 24.7. The Labute approximate surface area is 132 Å². The Morgan fingerprint density at radius 1 is 0.864 bits per heavy atom. The van der Waals surface area contributed by atoms with E-state index >= 15 is 0 Å². The molecular formula is C16H27N3O3. The third kappa shape index (κ3) is 3.79. The summed E-state index contributed by atoms with van der Waals surface area (Å²) in [6.45, 7) is 6.36. The molecule has 0 bridgehead atoms. The molecule has 2 amide bonds. The van der Waals surface area contributed by atoms with Crippen LogP contribution in [0.1, 0.15) is 25.7 Å². The van der Waals surface area contributed by atoms with E-state index in [9.17, 15) is 9.59 Å². The summed E-state index contributed by atoms with van der Waals surface area (Å²) < 4.78 is 5.31. The van der Waals surface area contributed by atoms with Crippen molar-refractivity contribution in [2.24, 2.45) is 5.92 Å². The van der Waals surface area contributed by atoms with E-state index in [0.29, 0.717) is 38.6 Å². The Balaban J connectivity index is 1.42. The van der Waals surface area contributed by atoms with Crippen LogP contribution in [0.2, 0.25) is 0 Å². The van der Waals surface area contributed by atoms with Gasteiger partial charge in [0.05, 0.1) is 19.8 Å². The molecule has 2 heterocycles. The van der Waals surface area contributed by atoms with Crippen molar-refractivity contribution in [3.8, 4) is 0 Å². The number of hydrogen-bond acceptors (Lipinski definition) is 4. The van der Waals surface area contributed by atoms with Gasteiger partial charge in [0.15, 0.2) is 0 Å². The van der Waals surface area contributed by atoms with E-state index in [4.69, 9.17) is 4.74 Å². The summed E-state index contributed by atoms with van der Waals surface area (Å²) in [5.41, 5.74) is 0. The second kappa shape index (κ2) is 7.42. The Bertz CT molecular complexity index is 395. The van der Waals surface area contributed by atoms with Crippen molar-refractivity contribution < 1.29 is 14.3 Å². The molecule has 124 valence electrons. The van der Waals surface area contributed by atoms with Gasteiger partial charge in [0.2, 0.25) is 11.8 Å². The first kappa shape index (κ1) is 15.7. The van der Waals surface area contributed by atoms with Crippen LogP contribution in [0.25, 0.3) is 0 Å². The van der Waals surface area contributed by atoms with E-state index < -0.39 is 0 Å². The lowest BCUT2D eigenvalue weighted by Crippen LogP contribution is -2.54. The average molecular weight is 309 g/mol. The first-order valence-electron chi connectivity index (χ1n) is 8.61. The highest BCUT2D eigenvalue weighted by Gasteiger charge is 2.30. The monoisotopic (exact) mass is 309 g/mol. The molecule has 22 heavy (non-hydrogen) atoms. The van der Waals surface area contributed by atoms with Gasteiger partial charge in [-0.2, -0.15) is 0 Å². The van der Waals surface area contributed by atoms with Crippen molar-refractivity contribution in [3.63, 3.8) is 0 Å². The molecule has 0 atom stereocenters. The van der Waals surface area contributed by atoms with Gasteiger partial charge < -0.3 is 14.5 Å². The highest BCUT2D eigenvalue weighted by molar-refractivity contribution is 5.81. The largest absolute Gasteiger partial charge is 0.379 e. The topological polar surface area (TPSA) is 53.1 Å².